The van der Waals surface area contributed by atoms with Crippen LogP contribution >= 0.6 is 0 Å². The molecule has 0 radical (unpaired) electrons. The van der Waals surface area contributed by atoms with Crippen LogP contribution in [0, 0.1) is 0 Å². The zero-order valence-corrected chi connectivity index (χ0v) is 17.2. The molecule has 156 valence electrons. The van der Waals surface area contributed by atoms with Gasteiger partial charge in [0.1, 0.15) is 11.5 Å². The van der Waals surface area contributed by atoms with Crippen molar-refractivity contribution in [2.75, 3.05) is 41.7 Å². The van der Waals surface area contributed by atoms with Gasteiger partial charge in [-0.3, -0.25) is 4.90 Å². The van der Waals surface area contributed by atoms with Crippen molar-refractivity contribution >= 4 is 0 Å². The van der Waals surface area contributed by atoms with Gasteiger partial charge in [-0.25, -0.2) is 0 Å². The maximum atomic E-state index is 11.1. The fourth-order valence-electron chi connectivity index (χ4n) is 4.26. The third kappa shape index (κ3) is 3.45. The number of hydrogen-bond acceptors (Lipinski definition) is 7. The third-order valence-electron chi connectivity index (χ3n) is 5.79. The minimum absolute atomic E-state index is 0.0370. The Balaban J connectivity index is 1.70. The summed E-state index contributed by atoms with van der Waals surface area (Å²) in [5.74, 6) is 3.35. The Morgan fingerprint density at radius 3 is 2.69 bits per heavy atom. The van der Waals surface area contributed by atoms with Crippen LogP contribution < -0.4 is 23.7 Å². The van der Waals surface area contributed by atoms with E-state index < -0.39 is 6.10 Å². The van der Waals surface area contributed by atoms with Crippen molar-refractivity contribution in [2.24, 2.45) is 0 Å². The second kappa shape index (κ2) is 8.00. The Hall–Kier alpha value is -2.64. The van der Waals surface area contributed by atoms with Gasteiger partial charge in [-0.1, -0.05) is 0 Å². The van der Waals surface area contributed by atoms with Crippen LogP contribution in [-0.4, -0.2) is 51.7 Å². The summed E-state index contributed by atoms with van der Waals surface area (Å²) >= 11 is 0. The number of aliphatic hydroxyl groups excluding tert-OH is 1. The summed E-state index contributed by atoms with van der Waals surface area (Å²) in [6, 6.07) is 7.47. The topological polar surface area (TPSA) is 69.6 Å². The fourth-order valence-corrected chi connectivity index (χ4v) is 4.26. The second-order valence-corrected chi connectivity index (χ2v) is 7.32. The van der Waals surface area contributed by atoms with Crippen molar-refractivity contribution in [3.63, 3.8) is 0 Å². The van der Waals surface area contributed by atoms with E-state index in [1.165, 1.54) is 5.56 Å². The lowest BCUT2D eigenvalue weighted by Crippen LogP contribution is -2.33. The summed E-state index contributed by atoms with van der Waals surface area (Å²) < 4.78 is 27.7. The van der Waals surface area contributed by atoms with Crippen LogP contribution in [0.15, 0.2) is 24.3 Å². The highest BCUT2D eigenvalue weighted by atomic mass is 16.7. The first kappa shape index (κ1) is 19.7. The molecule has 29 heavy (non-hydrogen) atoms. The minimum atomic E-state index is -0.718. The summed E-state index contributed by atoms with van der Waals surface area (Å²) in [6.45, 7) is 1.08. The maximum Gasteiger partial charge on any atom is 0.231 e. The smallest absolute Gasteiger partial charge is 0.231 e. The number of ether oxygens (including phenoxy) is 5. The molecular weight excluding hydrogens is 374 g/mol. The molecule has 0 spiro atoms. The molecular formula is C22H27NO6. The summed E-state index contributed by atoms with van der Waals surface area (Å²) in [4.78, 5) is 2.24. The van der Waals surface area contributed by atoms with Crippen molar-refractivity contribution in [1.82, 2.24) is 4.90 Å². The quantitative estimate of drug-likeness (QED) is 0.798. The van der Waals surface area contributed by atoms with Crippen LogP contribution in [0.25, 0.3) is 0 Å². The lowest BCUT2D eigenvalue weighted by atomic mass is 9.87. The van der Waals surface area contributed by atoms with Crippen LogP contribution in [0.3, 0.4) is 0 Å². The van der Waals surface area contributed by atoms with E-state index in [0.717, 1.165) is 29.8 Å². The molecule has 0 saturated carbocycles. The summed E-state index contributed by atoms with van der Waals surface area (Å²) in [6.07, 6.45) is 0.656. The zero-order chi connectivity index (χ0) is 20.5. The normalized spacial score (nSPS) is 18.9. The molecule has 0 fully saturated rings. The van der Waals surface area contributed by atoms with Gasteiger partial charge >= 0.3 is 0 Å². The number of likely N-dealkylation sites (N-methyl/N-ethyl adjacent to an activating group) is 1. The van der Waals surface area contributed by atoms with Crippen molar-refractivity contribution in [3.05, 3.63) is 41.0 Å². The predicted octanol–water partition coefficient (Wildman–Crippen LogP) is 3.09. The molecule has 0 aliphatic carbocycles. The number of methoxy groups -OCH3 is 3. The molecule has 4 rings (SSSR count). The first-order valence-electron chi connectivity index (χ1n) is 9.67. The third-order valence-corrected chi connectivity index (χ3v) is 5.79. The van der Waals surface area contributed by atoms with E-state index in [-0.39, 0.29) is 12.8 Å². The number of benzene rings is 2. The molecule has 2 aromatic rings. The predicted molar refractivity (Wildman–Crippen MR) is 107 cm³/mol. The molecule has 0 saturated heterocycles. The molecule has 2 heterocycles. The fraction of sp³-hybridized carbons (Fsp3) is 0.455. The Morgan fingerprint density at radius 1 is 1.14 bits per heavy atom. The van der Waals surface area contributed by atoms with Gasteiger partial charge in [0, 0.05) is 29.8 Å². The molecule has 1 N–H and O–H groups in total. The molecule has 2 atom stereocenters. The van der Waals surface area contributed by atoms with Gasteiger partial charge in [0.2, 0.25) is 12.5 Å². The Bertz CT molecular complexity index is 899. The molecule has 7 nitrogen and oxygen atoms in total. The van der Waals surface area contributed by atoms with E-state index in [1.807, 2.05) is 18.2 Å². The molecule has 0 unspecified atom stereocenters. The van der Waals surface area contributed by atoms with E-state index >= 15 is 0 Å². The van der Waals surface area contributed by atoms with E-state index in [4.69, 9.17) is 23.7 Å². The van der Waals surface area contributed by atoms with Gasteiger partial charge in [0.05, 0.1) is 27.4 Å². The number of rotatable bonds is 6. The average Bonchev–Trinajstić information content (AvgIpc) is 3.21. The number of fused-ring (bicyclic) bond motifs is 2. The van der Waals surface area contributed by atoms with E-state index in [1.54, 1.807) is 27.4 Å². The van der Waals surface area contributed by atoms with E-state index in [9.17, 15) is 5.11 Å². The highest BCUT2D eigenvalue weighted by Crippen LogP contribution is 2.51. The lowest BCUT2D eigenvalue weighted by Gasteiger charge is -2.37. The monoisotopic (exact) mass is 401 g/mol. The van der Waals surface area contributed by atoms with Gasteiger partial charge < -0.3 is 28.8 Å². The van der Waals surface area contributed by atoms with E-state index in [0.29, 0.717) is 29.4 Å². The second-order valence-electron chi connectivity index (χ2n) is 7.32. The molecule has 0 bridgehead atoms. The van der Waals surface area contributed by atoms with Crippen molar-refractivity contribution in [2.45, 2.75) is 25.0 Å². The number of aliphatic hydroxyl groups is 1. The molecule has 2 aliphatic heterocycles. The van der Waals surface area contributed by atoms with Crippen molar-refractivity contribution < 1.29 is 28.8 Å². The average molecular weight is 401 g/mol. The molecule has 2 aliphatic rings. The molecule has 2 aromatic carbocycles. The van der Waals surface area contributed by atoms with Crippen molar-refractivity contribution in [1.29, 1.82) is 0 Å². The van der Waals surface area contributed by atoms with Gasteiger partial charge in [0.15, 0.2) is 11.5 Å². The summed E-state index contributed by atoms with van der Waals surface area (Å²) in [7, 11) is 6.91. The number of hydrogen-bond donors (Lipinski definition) is 1. The summed E-state index contributed by atoms with van der Waals surface area (Å²) in [5, 5.41) is 11.1. The molecule has 0 amide bonds. The molecule has 7 heteroatoms. The van der Waals surface area contributed by atoms with Gasteiger partial charge in [-0.05, 0) is 43.7 Å². The lowest BCUT2D eigenvalue weighted by molar-refractivity contribution is 0.105. The molecule has 0 aromatic heterocycles. The van der Waals surface area contributed by atoms with Crippen LogP contribution in [0.5, 0.6) is 28.7 Å². The SMILES string of the molecule is COc1ccc([C@@H](O)C[C@@H]2c3c(cc4c(c3OC)OCO4)CCN2C)c(OC)c1. The van der Waals surface area contributed by atoms with Crippen LogP contribution in [0.1, 0.15) is 35.3 Å². The maximum absolute atomic E-state index is 11.1. The minimum Gasteiger partial charge on any atom is -0.497 e. The highest BCUT2D eigenvalue weighted by molar-refractivity contribution is 5.62. The van der Waals surface area contributed by atoms with E-state index in [2.05, 4.69) is 11.9 Å². The van der Waals surface area contributed by atoms with Crippen LogP contribution in [0.2, 0.25) is 0 Å². The standard InChI is InChI=1S/C22H27NO6/c1-23-8-7-13-9-19-21(29-12-28-19)22(27-4)20(13)16(23)11-17(24)15-6-5-14(25-2)10-18(15)26-3/h5-6,9-10,16-17,24H,7-8,11-12H2,1-4H3/t16-,17+/m1/s1. The largest absolute Gasteiger partial charge is 0.497 e. The Labute approximate surface area is 170 Å². The Morgan fingerprint density at radius 2 is 1.97 bits per heavy atom. The number of nitrogens with zero attached hydrogens (tertiary/aromatic N) is 1. The van der Waals surface area contributed by atoms with Crippen molar-refractivity contribution in [3.8, 4) is 28.7 Å². The first-order valence-corrected chi connectivity index (χ1v) is 9.67. The van der Waals surface area contributed by atoms with Gasteiger partial charge in [-0.15, -0.1) is 0 Å². The van der Waals surface area contributed by atoms with Crippen LogP contribution in [0.4, 0.5) is 0 Å². The van der Waals surface area contributed by atoms with Gasteiger partial charge in [-0.2, -0.15) is 0 Å². The summed E-state index contributed by atoms with van der Waals surface area (Å²) in [5.41, 5.74) is 2.95. The van der Waals surface area contributed by atoms with Crippen LogP contribution in [-0.2, 0) is 6.42 Å². The van der Waals surface area contributed by atoms with Gasteiger partial charge in [0.25, 0.3) is 0 Å². The highest BCUT2D eigenvalue weighted by Gasteiger charge is 2.35. The zero-order valence-electron chi connectivity index (χ0n) is 17.2. The first-order chi connectivity index (χ1) is 14.1. The Kier molecular flexibility index (Phi) is 5.43.